The summed E-state index contributed by atoms with van der Waals surface area (Å²) in [7, 11) is 0. The van der Waals surface area contributed by atoms with Crippen molar-refractivity contribution in [3.8, 4) is 0 Å². The van der Waals surface area contributed by atoms with E-state index in [4.69, 9.17) is 24.1 Å². The number of carbonyl (C=O) groups is 1. The van der Waals surface area contributed by atoms with Crippen LogP contribution in [0.25, 0.3) is 0 Å². The molecule has 0 saturated carbocycles. The predicted octanol–water partition coefficient (Wildman–Crippen LogP) is 3.70. The second-order valence-corrected chi connectivity index (χ2v) is 5.72. The fraction of sp³-hybridized carbons (Fsp3) is 0.944. The number of rotatable bonds is 18. The Labute approximate surface area is 146 Å². The van der Waals surface area contributed by atoms with Gasteiger partial charge in [-0.2, -0.15) is 0 Å². The second kappa shape index (κ2) is 20.2. The fourth-order valence-electron chi connectivity index (χ4n) is 1.94. The summed E-state index contributed by atoms with van der Waals surface area (Å²) in [5, 5.41) is 8.61. The highest BCUT2D eigenvalue weighted by Crippen LogP contribution is 1.99. The summed E-state index contributed by atoms with van der Waals surface area (Å²) in [4.78, 5) is 11.3. The molecule has 0 aromatic rings. The van der Waals surface area contributed by atoms with Gasteiger partial charge in [0.15, 0.2) is 0 Å². The average molecular weight is 348 g/mol. The van der Waals surface area contributed by atoms with Crippen LogP contribution in [-0.2, 0) is 18.9 Å². The zero-order valence-electron chi connectivity index (χ0n) is 15.3. The minimum Gasteiger partial charge on any atom is -0.434 e. The Morgan fingerprint density at radius 3 is 1.54 bits per heavy atom. The van der Waals surface area contributed by atoms with Crippen molar-refractivity contribution in [3.05, 3.63) is 0 Å². The molecule has 0 bridgehead atoms. The Bertz CT molecular complexity index is 236. The molecule has 0 aliphatic carbocycles. The van der Waals surface area contributed by atoms with Crippen LogP contribution in [0.2, 0.25) is 0 Å². The van der Waals surface area contributed by atoms with Gasteiger partial charge in [-0.15, -0.1) is 0 Å². The van der Waals surface area contributed by atoms with Gasteiger partial charge in [0.1, 0.15) is 0 Å². The van der Waals surface area contributed by atoms with Crippen LogP contribution in [0.3, 0.4) is 0 Å². The molecule has 0 heterocycles. The van der Waals surface area contributed by atoms with E-state index in [1.807, 2.05) is 0 Å². The molecule has 0 unspecified atom stereocenters. The molecule has 0 fully saturated rings. The maximum atomic E-state index is 11.3. The standard InChI is InChI=1S/C18H36O6/c1-2-3-5-12-21-14-7-9-16-23-18(20)24-17-10-8-15-22-13-6-4-11-19/h19H,2-17H2,1H3. The van der Waals surface area contributed by atoms with E-state index in [0.29, 0.717) is 26.4 Å². The van der Waals surface area contributed by atoms with Crippen molar-refractivity contribution in [1.82, 2.24) is 0 Å². The van der Waals surface area contributed by atoms with Crippen LogP contribution < -0.4 is 0 Å². The highest BCUT2D eigenvalue weighted by molar-refractivity contribution is 5.59. The summed E-state index contributed by atoms with van der Waals surface area (Å²) >= 11 is 0. The first-order valence-electron chi connectivity index (χ1n) is 9.37. The lowest BCUT2D eigenvalue weighted by Gasteiger charge is -2.07. The lowest BCUT2D eigenvalue weighted by atomic mass is 10.3. The maximum Gasteiger partial charge on any atom is 0.508 e. The van der Waals surface area contributed by atoms with Gasteiger partial charge in [0.2, 0.25) is 0 Å². The summed E-state index contributed by atoms with van der Waals surface area (Å²) in [6.45, 7) is 6.00. The molecule has 0 atom stereocenters. The van der Waals surface area contributed by atoms with Gasteiger partial charge in [-0.05, 0) is 44.9 Å². The van der Waals surface area contributed by atoms with Gasteiger partial charge in [0.25, 0.3) is 0 Å². The minimum atomic E-state index is -0.595. The van der Waals surface area contributed by atoms with E-state index in [1.54, 1.807) is 0 Å². The van der Waals surface area contributed by atoms with Crippen molar-refractivity contribution in [2.75, 3.05) is 46.2 Å². The van der Waals surface area contributed by atoms with Gasteiger partial charge < -0.3 is 24.1 Å². The molecular weight excluding hydrogens is 312 g/mol. The molecule has 0 aromatic carbocycles. The molecule has 0 spiro atoms. The monoisotopic (exact) mass is 348 g/mol. The number of aliphatic hydroxyl groups excluding tert-OH is 1. The summed E-state index contributed by atoms with van der Waals surface area (Å²) < 4.78 is 20.8. The highest BCUT2D eigenvalue weighted by atomic mass is 16.7. The van der Waals surface area contributed by atoms with Gasteiger partial charge in [-0.3, -0.25) is 0 Å². The molecule has 24 heavy (non-hydrogen) atoms. The lowest BCUT2D eigenvalue weighted by Crippen LogP contribution is -2.10. The van der Waals surface area contributed by atoms with E-state index in [1.165, 1.54) is 12.8 Å². The van der Waals surface area contributed by atoms with Crippen LogP contribution in [0.1, 0.15) is 64.7 Å². The van der Waals surface area contributed by atoms with E-state index in [9.17, 15) is 4.79 Å². The summed E-state index contributed by atoms with van der Waals surface area (Å²) in [6.07, 6.45) is 7.90. The number of unbranched alkanes of at least 4 members (excludes halogenated alkanes) is 5. The van der Waals surface area contributed by atoms with Gasteiger partial charge in [0, 0.05) is 33.0 Å². The van der Waals surface area contributed by atoms with Gasteiger partial charge >= 0.3 is 6.16 Å². The zero-order valence-corrected chi connectivity index (χ0v) is 15.3. The van der Waals surface area contributed by atoms with Crippen molar-refractivity contribution in [2.24, 2.45) is 0 Å². The third kappa shape index (κ3) is 19.2. The summed E-state index contributed by atoms with van der Waals surface area (Å²) in [5.41, 5.74) is 0. The van der Waals surface area contributed by atoms with Crippen LogP contribution in [-0.4, -0.2) is 57.5 Å². The molecule has 0 aromatic heterocycles. The molecule has 0 saturated heterocycles. The van der Waals surface area contributed by atoms with Crippen LogP contribution in [0.15, 0.2) is 0 Å². The summed E-state index contributed by atoms with van der Waals surface area (Å²) in [5.74, 6) is 0. The van der Waals surface area contributed by atoms with Crippen LogP contribution in [0.4, 0.5) is 4.79 Å². The molecule has 0 rings (SSSR count). The molecule has 1 N–H and O–H groups in total. The Kier molecular flexibility index (Phi) is 19.5. The summed E-state index contributed by atoms with van der Waals surface area (Å²) in [6, 6.07) is 0. The fourth-order valence-corrected chi connectivity index (χ4v) is 1.94. The normalized spacial score (nSPS) is 10.8. The number of hydrogen-bond acceptors (Lipinski definition) is 6. The number of ether oxygens (including phenoxy) is 4. The Morgan fingerprint density at radius 2 is 1.08 bits per heavy atom. The number of hydrogen-bond donors (Lipinski definition) is 1. The SMILES string of the molecule is CCCCCOCCCCOC(=O)OCCCCOCCCCO. The van der Waals surface area contributed by atoms with Gasteiger partial charge in [-0.1, -0.05) is 19.8 Å². The number of aliphatic hydroxyl groups is 1. The third-order valence-corrected chi connectivity index (χ3v) is 3.39. The second-order valence-electron chi connectivity index (χ2n) is 5.72. The molecule has 0 aliphatic rings. The van der Waals surface area contributed by atoms with E-state index < -0.39 is 6.16 Å². The van der Waals surface area contributed by atoms with Gasteiger partial charge in [0.05, 0.1) is 13.2 Å². The van der Waals surface area contributed by atoms with Crippen molar-refractivity contribution in [1.29, 1.82) is 0 Å². The molecule has 0 amide bonds. The zero-order chi connectivity index (χ0) is 17.7. The van der Waals surface area contributed by atoms with Crippen LogP contribution in [0.5, 0.6) is 0 Å². The van der Waals surface area contributed by atoms with E-state index in [-0.39, 0.29) is 6.61 Å². The first-order valence-corrected chi connectivity index (χ1v) is 9.37. The molecule has 0 radical (unpaired) electrons. The van der Waals surface area contributed by atoms with E-state index in [2.05, 4.69) is 6.92 Å². The van der Waals surface area contributed by atoms with Crippen LogP contribution >= 0.6 is 0 Å². The first kappa shape index (κ1) is 23.1. The number of carbonyl (C=O) groups excluding carboxylic acids is 1. The Morgan fingerprint density at radius 1 is 0.667 bits per heavy atom. The maximum absolute atomic E-state index is 11.3. The molecule has 6 heteroatoms. The lowest BCUT2D eigenvalue weighted by molar-refractivity contribution is 0.0475. The Balaban J connectivity index is 3.13. The molecule has 6 nitrogen and oxygen atoms in total. The predicted molar refractivity (Wildman–Crippen MR) is 93.3 cm³/mol. The van der Waals surface area contributed by atoms with Crippen LogP contribution in [0, 0.1) is 0 Å². The van der Waals surface area contributed by atoms with Crippen molar-refractivity contribution in [3.63, 3.8) is 0 Å². The highest BCUT2D eigenvalue weighted by Gasteiger charge is 2.03. The quantitative estimate of drug-likeness (QED) is 0.301. The van der Waals surface area contributed by atoms with Crippen molar-refractivity contribution >= 4 is 6.16 Å². The minimum absolute atomic E-state index is 0.214. The molecular formula is C18H36O6. The van der Waals surface area contributed by atoms with Crippen molar-refractivity contribution < 1.29 is 28.8 Å². The molecule has 144 valence electrons. The first-order chi connectivity index (χ1) is 11.8. The van der Waals surface area contributed by atoms with Gasteiger partial charge in [-0.25, -0.2) is 4.79 Å². The smallest absolute Gasteiger partial charge is 0.434 e. The Hall–Kier alpha value is -0.850. The average Bonchev–Trinajstić information content (AvgIpc) is 2.59. The topological polar surface area (TPSA) is 74.2 Å². The van der Waals surface area contributed by atoms with E-state index >= 15 is 0 Å². The van der Waals surface area contributed by atoms with E-state index in [0.717, 1.165) is 58.2 Å². The molecule has 0 aliphatic heterocycles. The third-order valence-electron chi connectivity index (χ3n) is 3.39. The van der Waals surface area contributed by atoms with Crippen molar-refractivity contribution in [2.45, 2.75) is 64.7 Å². The largest absolute Gasteiger partial charge is 0.508 e.